The van der Waals surface area contributed by atoms with Gasteiger partial charge in [-0.25, -0.2) is 0 Å². The first-order chi connectivity index (χ1) is 20.6. The van der Waals surface area contributed by atoms with Crippen LogP contribution in [0, 0.1) is 53.3 Å². The van der Waals surface area contributed by atoms with E-state index < -0.39 is 0 Å². The molecule has 6 unspecified atom stereocenters. The molecule has 12 bridgehead atoms. The summed E-state index contributed by atoms with van der Waals surface area (Å²) < 4.78 is 21.9. The average Bonchev–Trinajstić information content (AvgIpc) is 2.94. The lowest BCUT2D eigenvalue weighted by Crippen LogP contribution is -2.38. The molecule has 6 atom stereocenters. The van der Waals surface area contributed by atoms with Gasteiger partial charge in [-0.3, -0.25) is 0 Å². The van der Waals surface area contributed by atoms with Gasteiger partial charge in [0, 0.05) is 0 Å². The molecule has 13 rings (SSSR count). The molecular weight excluding hydrogens is 516 g/mol. The third-order valence-corrected chi connectivity index (χ3v) is 13.3. The summed E-state index contributed by atoms with van der Waals surface area (Å²) in [4.78, 5) is 0. The first-order valence-electron chi connectivity index (χ1n) is 17.9. The zero-order valence-electron chi connectivity index (χ0n) is 25.2. The Kier molecular flexibility index (Phi) is 5.80. The summed E-state index contributed by atoms with van der Waals surface area (Å²) in [6.07, 6.45) is 35.4. The first kappa shape index (κ1) is 25.2. The van der Waals surface area contributed by atoms with E-state index in [2.05, 4.69) is 36.5 Å². The summed E-state index contributed by atoms with van der Waals surface area (Å²) in [6.45, 7) is 0. The molecule has 6 heterocycles. The molecule has 0 saturated heterocycles. The summed E-state index contributed by atoms with van der Waals surface area (Å²) in [5.74, 6) is 10.1. The van der Waals surface area contributed by atoms with Crippen LogP contribution in [0.25, 0.3) is 18.2 Å². The van der Waals surface area contributed by atoms with Crippen molar-refractivity contribution in [2.24, 2.45) is 53.3 Å². The molecule has 6 saturated carbocycles. The van der Waals surface area contributed by atoms with Crippen LogP contribution in [0.5, 0.6) is 17.2 Å². The van der Waals surface area contributed by atoms with Crippen LogP contribution < -0.4 is 14.2 Å². The van der Waals surface area contributed by atoms with E-state index in [4.69, 9.17) is 14.2 Å². The quantitative estimate of drug-likeness (QED) is 0.314. The maximum Gasteiger partial charge on any atom is 0.141 e. The molecule has 12 aliphatic rings. The fraction of sp³-hybridized carbons (Fsp3) is 0.692. The van der Waals surface area contributed by atoms with E-state index in [-0.39, 0.29) is 0 Å². The van der Waals surface area contributed by atoms with Gasteiger partial charge in [0.1, 0.15) is 17.2 Å². The molecule has 6 aliphatic carbocycles. The lowest BCUT2D eigenvalue weighted by atomic mass is 9.66. The Balaban J connectivity index is 1.20. The standard InChI is InChI=1S/C39H48O3/c1-4-34-37(40-31-16-25-7-22(1)8-26(13-25)17-31)35-5-2-24-11-29-15-30(12-24)21-33(20-29)42-39(35)36-6-3-23-9-27-14-28(10-23)19-32(18-27)41-38(34)36/h1-6,22-33H,7-21H2/b4-1-,5-2-,6-3-. The number of ether oxygens (including phenoxy) is 3. The SMILES string of the molecule is C1=C\C2CC3CC(C2)CC(C3)Oc2c3c(c4c(c2/1)OC1CC2CC(/C=C\4)CC(C2)C1)OC1CC2CC(/C=C\3)CC(C2)C1. The highest BCUT2D eigenvalue weighted by Crippen LogP contribution is 2.55. The second-order valence-corrected chi connectivity index (χ2v) is 16.5. The minimum Gasteiger partial charge on any atom is -0.489 e. The van der Waals surface area contributed by atoms with Crippen molar-refractivity contribution in [2.45, 2.75) is 115 Å². The number of benzene rings is 1. The van der Waals surface area contributed by atoms with Gasteiger partial charge >= 0.3 is 0 Å². The first-order valence-corrected chi connectivity index (χ1v) is 17.9. The highest BCUT2D eigenvalue weighted by atomic mass is 16.5. The van der Waals surface area contributed by atoms with Crippen LogP contribution >= 0.6 is 0 Å². The third-order valence-electron chi connectivity index (χ3n) is 13.3. The van der Waals surface area contributed by atoms with E-state index >= 15 is 0 Å². The van der Waals surface area contributed by atoms with E-state index in [1.165, 1.54) is 113 Å². The number of rotatable bonds is 0. The third kappa shape index (κ3) is 4.34. The fourth-order valence-corrected chi connectivity index (χ4v) is 12.1. The number of allylic oxidation sites excluding steroid dienone is 3. The Morgan fingerprint density at radius 3 is 0.857 bits per heavy atom. The molecule has 0 aromatic heterocycles. The predicted molar refractivity (Wildman–Crippen MR) is 167 cm³/mol. The van der Waals surface area contributed by atoms with Gasteiger partial charge in [0.05, 0.1) is 35.0 Å². The molecule has 3 heteroatoms. The molecule has 0 N–H and O–H groups in total. The van der Waals surface area contributed by atoms with Gasteiger partial charge in [0.15, 0.2) is 0 Å². The highest BCUT2D eigenvalue weighted by molar-refractivity contribution is 5.84. The minimum atomic E-state index is 0.305. The van der Waals surface area contributed by atoms with Gasteiger partial charge in [-0.1, -0.05) is 36.5 Å². The zero-order chi connectivity index (χ0) is 27.4. The van der Waals surface area contributed by atoms with Crippen molar-refractivity contribution in [3.05, 3.63) is 34.9 Å². The van der Waals surface area contributed by atoms with E-state index in [9.17, 15) is 0 Å². The predicted octanol–water partition coefficient (Wildman–Crippen LogP) is 9.49. The molecule has 0 amide bonds. The van der Waals surface area contributed by atoms with Gasteiger partial charge in [0.2, 0.25) is 0 Å². The summed E-state index contributed by atoms with van der Waals surface area (Å²) in [5, 5.41) is 0. The lowest BCUT2D eigenvalue weighted by molar-refractivity contribution is 0.0396. The monoisotopic (exact) mass is 564 g/mol. The van der Waals surface area contributed by atoms with E-state index in [0.717, 1.165) is 52.8 Å². The molecule has 6 fully saturated rings. The molecular formula is C39H48O3. The molecule has 0 spiro atoms. The maximum absolute atomic E-state index is 7.30. The van der Waals surface area contributed by atoms with Crippen molar-refractivity contribution >= 4 is 18.2 Å². The number of hydrogen-bond donors (Lipinski definition) is 0. The zero-order valence-corrected chi connectivity index (χ0v) is 25.2. The fourth-order valence-electron chi connectivity index (χ4n) is 12.1. The largest absolute Gasteiger partial charge is 0.489 e. The van der Waals surface area contributed by atoms with Gasteiger partial charge in [0.25, 0.3) is 0 Å². The lowest BCUT2D eigenvalue weighted by Gasteiger charge is -2.45. The van der Waals surface area contributed by atoms with Crippen LogP contribution in [-0.4, -0.2) is 18.3 Å². The van der Waals surface area contributed by atoms with Crippen LogP contribution in [0.2, 0.25) is 0 Å². The average molecular weight is 565 g/mol. The van der Waals surface area contributed by atoms with Crippen LogP contribution in [0.3, 0.4) is 0 Å². The molecule has 0 radical (unpaired) electrons. The Morgan fingerprint density at radius 1 is 0.333 bits per heavy atom. The van der Waals surface area contributed by atoms with Gasteiger partial charge in [-0.05, 0) is 150 Å². The Labute approximate surface area is 252 Å². The van der Waals surface area contributed by atoms with Crippen LogP contribution in [-0.2, 0) is 0 Å². The normalized spacial score (nSPS) is 47.7. The second kappa shape index (κ2) is 9.67. The smallest absolute Gasteiger partial charge is 0.141 e. The van der Waals surface area contributed by atoms with E-state index in [1.54, 1.807) is 0 Å². The second-order valence-electron chi connectivity index (χ2n) is 16.5. The van der Waals surface area contributed by atoms with Crippen molar-refractivity contribution < 1.29 is 14.2 Å². The van der Waals surface area contributed by atoms with E-state index in [1.807, 2.05) is 0 Å². The molecule has 3 nitrogen and oxygen atoms in total. The number of hydrogen-bond acceptors (Lipinski definition) is 3. The van der Waals surface area contributed by atoms with Crippen molar-refractivity contribution in [3.8, 4) is 17.2 Å². The van der Waals surface area contributed by atoms with Crippen molar-refractivity contribution in [3.63, 3.8) is 0 Å². The maximum atomic E-state index is 7.30. The van der Waals surface area contributed by atoms with Crippen molar-refractivity contribution in [1.29, 1.82) is 0 Å². The van der Waals surface area contributed by atoms with Gasteiger partial charge in [-0.15, -0.1) is 0 Å². The Morgan fingerprint density at radius 2 is 0.595 bits per heavy atom. The minimum absolute atomic E-state index is 0.305. The Bertz CT molecular complexity index is 1130. The van der Waals surface area contributed by atoms with Crippen LogP contribution in [0.4, 0.5) is 0 Å². The molecule has 222 valence electrons. The van der Waals surface area contributed by atoms with Crippen molar-refractivity contribution in [2.75, 3.05) is 0 Å². The molecule has 1 aromatic carbocycles. The van der Waals surface area contributed by atoms with Gasteiger partial charge in [-0.2, -0.15) is 0 Å². The summed E-state index contributed by atoms with van der Waals surface area (Å²) in [6, 6.07) is 0. The molecule has 42 heavy (non-hydrogen) atoms. The summed E-state index contributed by atoms with van der Waals surface area (Å²) >= 11 is 0. The van der Waals surface area contributed by atoms with Gasteiger partial charge < -0.3 is 14.2 Å². The van der Waals surface area contributed by atoms with Crippen LogP contribution in [0.15, 0.2) is 18.2 Å². The molecule has 6 aliphatic heterocycles. The topological polar surface area (TPSA) is 27.7 Å². The summed E-state index contributed by atoms with van der Waals surface area (Å²) in [5.41, 5.74) is 3.61. The van der Waals surface area contributed by atoms with Crippen molar-refractivity contribution in [1.82, 2.24) is 0 Å². The van der Waals surface area contributed by atoms with E-state index in [0.29, 0.717) is 36.1 Å². The highest BCUT2D eigenvalue weighted by Gasteiger charge is 2.42. The Hall–Kier alpha value is -2.16. The van der Waals surface area contributed by atoms with Crippen LogP contribution in [0.1, 0.15) is 113 Å². The summed E-state index contributed by atoms with van der Waals surface area (Å²) in [7, 11) is 0. The molecule has 1 aromatic rings.